The maximum Gasteiger partial charge on any atom is 0.252 e. The van der Waals surface area contributed by atoms with E-state index >= 15 is 0 Å². The summed E-state index contributed by atoms with van der Waals surface area (Å²) in [5.41, 5.74) is -0.686. The van der Waals surface area contributed by atoms with Crippen molar-refractivity contribution in [2.45, 2.75) is 57.8 Å². The number of aliphatic hydroxyl groups excluding tert-OH is 1. The van der Waals surface area contributed by atoms with Gasteiger partial charge in [-0.05, 0) is 44.4 Å². The van der Waals surface area contributed by atoms with Crippen molar-refractivity contribution in [1.82, 2.24) is 14.7 Å². The standard InChI is InChI=1S/C20H29N3O4/c1-13(2)6-7-21-11-20(12-21)19(26)22(10-16-5-4-14(3)27-16)18(25)17-8-15(24)9-23(17)20/h4-5,13,15,17,24H,6-12H2,1-3H3. The largest absolute Gasteiger partial charge is 0.464 e. The average molecular weight is 375 g/mol. The lowest BCUT2D eigenvalue weighted by molar-refractivity contribution is -0.181. The number of carbonyl (C=O) groups is 2. The summed E-state index contributed by atoms with van der Waals surface area (Å²) in [7, 11) is 0. The van der Waals surface area contributed by atoms with Gasteiger partial charge in [-0.2, -0.15) is 0 Å². The molecule has 2 amide bonds. The van der Waals surface area contributed by atoms with Crippen molar-refractivity contribution in [1.29, 1.82) is 0 Å². The highest BCUT2D eigenvalue weighted by Gasteiger charge is 2.64. The molecule has 7 heteroatoms. The van der Waals surface area contributed by atoms with Gasteiger partial charge >= 0.3 is 0 Å². The van der Waals surface area contributed by atoms with Crippen LogP contribution in [0.4, 0.5) is 0 Å². The lowest BCUT2D eigenvalue weighted by Crippen LogP contribution is -2.81. The number of fused-ring (bicyclic) bond motifs is 2. The van der Waals surface area contributed by atoms with Crippen LogP contribution in [0.2, 0.25) is 0 Å². The molecule has 27 heavy (non-hydrogen) atoms. The molecule has 3 fully saturated rings. The summed E-state index contributed by atoms with van der Waals surface area (Å²) in [6.45, 7) is 9.01. The molecule has 2 unspecified atom stereocenters. The summed E-state index contributed by atoms with van der Waals surface area (Å²) in [5.74, 6) is 1.64. The Kier molecular flexibility index (Phi) is 4.64. The van der Waals surface area contributed by atoms with E-state index in [-0.39, 0.29) is 18.4 Å². The average Bonchev–Trinajstić information content (AvgIpc) is 3.15. The maximum atomic E-state index is 13.4. The molecule has 3 aliphatic rings. The van der Waals surface area contributed by atoms with Crippen molar-refractivity contribution < 1.29 is 19.1 Å². The van der Waals surface area contributed by atoms with Gasteiger partial charge in [0.05, 0.1) is 18.7 Å². The number of nitrogens with zero attached hydrogens (tertiary/aromatic N) is 3. The second-order valence-corrected chi connectivity index (χ2v) is 8.72. The van der Waals surface area contributed by atoms with Gasteiger partial charge in [-0.1, -0.05) is 13.8 Å². The molecule has 0 saturated carbocycles. The lowest BCUT2D eigenvalue weighted by Gasteiger charge is -2.58. The zero-order valence-electron chi connectivity index (χ0n) is 16.4. The second-order valence-electron chi connectivity index (χ2n) is 8.72. The smallest absolute Gasteiger partial charge is 0.252 e. The fraction of sp³-hybridized carbons (Fsp3) is 0.700. The monoisotopic (exact) mass is 375 g/mol. The van der Waals surface area contributed by atoms with Gasteiger partial charge in [0, 0.05) is 19.6 Å². The number of furan rings is 1. The van der Waals surface area contributed by atoms with Crippen LogP contribution in [0.1, 0.15) is 38.2 Å². The first-order chi connectivity index (χ1) is 12.8. The van der Waals surface area contributed by atoms with Gasteiger partial charge in [0.2, 0.25) is 5.91 Å². The highest BCUT2D eigenvalue weighted by Crippen LogP contribution is 2.41. The fourth-order valence-electron chi connectivity index (χ4n) is 4.66. The minimum Gasteiger partial charge on any atom is -0.464 e. The Bertz CT molecular complexity index is 737. The molecule has 1 spiro atoms. The highest BCUT2D eigenvalue weighted by atomic mass is 16.3. The Hall–Kier alpha value is -1.70. The molecule has 3 aliphatic heterocycles. The Morgan fingerprint density at radius 3 is 2.67 bits per heavy atom. The molecule has 4 heterocycles. The van der Waals surface area contributed by atoms with Gasteiger partial charge in [0.25, 0.3) is 5.91 Å². The highest BCUT2D eigenvalue weighted by molar-refractivity contribution is 6.06. The first-order valence-electron chi connectivity index (χ1n) is 9.88. The number of hydrogen-bond donors (Lipinski definition) is 1. The number of carbonyl (C=O) groups excluding carboxylic acids is 2. The predicted octanol–water partition coefficient (Wildman–Crippen LogP) is 0.993. The second kappa shape index (κ2) is 6.72. The minimum absolute atomic E-state index is 0.146. The van der Waals surface area contributed by atoms with Crippen LogP contribution in [0.15, 0.2) is 16.5 Å². The van der Waals surface area contributed by atoms with Gasteiger partial charge in [0.15, 0.2) is 0 Å². The van der Waals surface area contributed by atoms with Gasteiger partial charge in [-0.25, -0.2) is 0 Å². The SMILES string of the molecule is Cc1ccc(CN2C(=O)C3CC(O)CN3C3(CN(CCC(C)C)C3)C2=O)o1. The van der Waals surface area contributed by atoms with E-state index in [1.807, 2.05) is 24.0 Å². The number of likely N-dealkylation sites (tertiary alicyclic amines) is 1. The Morgan fingerprint density at radius 1 is 1.30 bits per heavy atom. The van der Waals surface area contributed by atoms with Crippen LogP contribution in [-0.2, 0) is 16.1 Å². The quantitative estimate of drug-likeness (QED) is 0.774. The molecule has 7 nitrogen and oxygen atoms in total. The maximum absolute atomic E-state index is 13.4. The van der Waals surface area contributed by atoms with E-state index in [0.717, 1.165) is 18.7 Å². The topological polar surface area (TPSA) is 77.2 Å². The minimum atomic E-state index is -0.686. The van der Waals surface area contributed by atoms with Crippen LogP contribution in [0, 0.1) is 12.8 Å². The normalized spacial score (nSPS) is 28.3. The van der Waals surface area contributed by atoms with E-state index in [1.54, 1.807) is 0 Å². The third kappa shape index (κ3) is 3.11. The van der Waals surface area contributed by atoms with Crippen molar-refractivity contribution >= 4 is 11.8 Å². The molecule has 3 saturated heterocycles. The third-order valence-corrected chi connectivity index (χ3v) is 6.13. The van der Waals surface area contributed by atoms with Crippen LogP contribution in [0.25, 0.3) is 0 Å². The van der Waals surface area contributed by atoms with Crippen molar-refractivity contribution in [2.24, 2.45) is 5.92 Å². The van der Waals surface area contributed by atoms with Crippen LogP contribution < -0.4 is 0 Å². The fourth-order valence-corrected chi connectivity index (χ4v) is 4.66. The molecule has 1 aromatic rings. The molecule has 4 rings (SSSR count). The van der Waals surface area contributed by atoms with Crippen molar-refractivity contribution in [3.63, 3.8) is 0 Å². The van der Waals surface area contributed by atoms with Crippen molar-refractivity contribution in [3.8, 4) is 0 Å². The van der Waals surface area contributed by atoms with Gasteiger partial charge < -0.3 is 9.52 Å². The number of amides is 2. The summed E-state index contributed by atoms with van der Waals surface area (Å²) in [5, 5.41) is 10.2. The van der Waals surface area contributed by atoms with Crippen molar-refractivity contribution in [3.05, 3.63) is 23.7 Å². The Labute approximate surface area is 159 Å². The van der Waals surface area contributed by atoms with Gasteiger partial charge in [0.1, 0.15) is 17.1 Å². The van der Waals surface area contributed by atoms with E-state index in [4.69, 9.17) is 4.42 Å². The zero-order valence-corrected chi connectivity index (χ0v) is 16.4. The number of aryl methyl sites for hydroxylation is 1. The molecule has 0 aliphatic carbocycles. The van der Waals surface area contributed by atoms with Crippen LogP contribution >= 0.6 is 0 Å². The van der Waals surface area contributed by atoms with E-state index in [2.05, 4.69) is 18.7 Å². The van der Waals surface area contributed by atoms with Crippen LogP contribution in [0.5, 0.6) is 0 Å². The number of imide groups is 1. The molecule has 148 valence electrons. The van der Waals surface area contributed by atoms with E-state index in [9.17, 15) is 14.7 Å². The number of piperazine rings is 1. The number of hydrogen-bond acceptors (Lipinski definition) is 6. The van der Waals surface area contributed by atoms with E-state index < -0.39 is 17.7 Å². The Balaban J connectivity index is 1.56. The van der Waals surface area contributed by atoms with Gasteiger partial charge in [-0.3, -0.25) is 24.3 Å². The molecular weight excluding hydrogens is 346 g/mol. The molecular formula is C20H29N3O4. The number of β-amino-alcohol motifs (C(OH)–C–C–N with tert-alkyl or cyclic N) is 1. The molecule has 1 N–H and O–H groups in total. The van der Waals surface area contributed by atoms with Crippen LogP contribution in [-0.4, -0.2) is 75.5 Å². The molecule has 0 radical (unpaired) electrons. The molecule has 2 atom stereocenters. The third-order valence-electron chi connectivity index (χ3n) is 6.13. The van der Waals surface area contributed by atoms with E-state index in [1.165, 1.54) is 4.90 Å². The summed E-state index contributed by atoms with van der Waals surface area (Å²) < 4.78 is 5.60. The number of aliphatic hydroxyl groups is 1. The van der Waals surface area contributed by atoms with E-state index in [0.29, 0.717) is 37.7 Å². The van der Waals surface area contributed by atoms with Crippen molar-refractivity contribution in [2.75, 3.05) is 26.2 Å². The predicted molar refractivity (Wildman–Crippen MR) is 98.7 cm³/mol. The number of rotatable bonds is 5. The summed E-state index contributed by atoms with van der Waals surface area (Å²) in [6.07, 6.45) is 0.928. The molecule has 0 bridgehead atoms. The first kappa shape index (κ1) is 18.7. The summed E-state index contributed by atoms with van der Waals surface area (Å²) in [4.78, 5) is 32.0. The summed E-state index contributed by atoms with van der Waals surface area (Å²) in [6, 6.07) is 3.24. The summed E-state index contributed by atoms with van der Waals surface area (Å²) >= 11 is 0. The van der Waals surface area contributed by atoms with Gasteiger partial charge in [-0.15, -0.1) is 0 Å². The van der Waals surface area contributed by atoms with Crippen LogP contribution in [0.3, 0.4) is 0 Å². The molecule has 0 aromatic carbocycles. The Morgan fingerprint density at radius 2 is 2.04 bits per heavy atom. The first-order valence-corrected chi connectivity index (χ1v) is 9.88. The molecule has 1 aromatic heterocycles. The zero-order chi connectivity index (χ0) is 19.3. The lowest BCUT2D eigenvalue weighted by atomic mass is 9.82.